The lowest BCUT2D eigenvalue weighted by Gasteiger charge is -2.12. The molecule has 1 unspecified atom stereocenters. The van der Waals surface area contributed by atoms with Gasteiger partial charge in [-0.05, 0) is 30.2 Å². The van der Waals surface area contributed by atoms with Gasteiger partial charge in [0.1, 0.15) is 0 Å². The van der Waals surface area contributed by atoms with Crippen LogP contribution in [0, 0.1) is 6.92 Å². The van der Waals surface area contributed by atoms with E-state index in [9.17, 15) is 0 Å². The lowest BCUT2D eigenvalue weighted by molar-refractivity contribution is 0.174. The molecular weight excluding hydrogens is 198 g/mol. The lowest BCUT2D eigenvalue weighted by atomic mass is 10.0. The Hall–Kier alpha value is -0.870. The van der Waals surface area contributed by atoms with E-state index in [1.165, 1.54) is 0 Å². The standard InChI is InChI=1S/C10H13NO2S/c1-6-2-8-9(13-5-12-8)3-7(6)10(14)4-11/h2-3,10,14H,4-5,11H2,1H3. The van der Waals surface area contributed by atoms with Gasteiger partial charge in [-0.3, -0.25) is 0 Å². The molecule has 1 heterocycles. The van der Waals surface area contributed by atoms with Crippen molar-refractivity contribution in [2.75, 3.05) is 13.3 Å². The molecule has 0 aliphatic carbocycles. The summed E-state index contributed by atoms with van der Waals surface area (Å²) in [5, 5.41) is 0.0597. The van der Waals surface area contributed by atoms with Crippen molar-refractivity contribution in [1.82, 2.24) is 0 Å². The Morgan fingerprint density at radius 2 is 2.07 bits per heavy atom. The van der Waals surface area contributed by atoms with Gasteiger partial charge < -0.3 is 15.2 Å². The molecular formula is C10H13NO2S. The van der Waals surface area contributed by atoms with Gasteiger partial charge in [0.15, 0.2) is 11.5 Å². The van der Waals surface area contributed by atoms with Gasteiger partial charge in [-0.15, -0.1) is 0 Å². The van der Waals surface area contributed by atoms with Crippen molar-refractivity contribution in [2.45, 2.75) is 12.2 Å². The molecule has 2 N–H and O–H groups in total. The second-order valence-corrected chi connectivity index (χ2v) is 3.94. The molecule has 76 valence electrons. The van der Waals surface area contributed by atoms with Crippen LogP contribution in [0.5, 0.6) is 11.5 Å². The van der Waals surface area contributed by atoms with E-state index in [2.05, 4.69) is 12.6 Å². The first-order chi connectivity index (χ1) is 6.72. The van der Waals surface area contributed by atoms with Crippen molar-refractivity contribution in [3.8, 4) is 11.5 Å². The zero-order chi connectivity index (χ0) is 10.1. The normalized spacial score (nSPS) is 15.6. The molecule has 0 radical (unpaired) electrons. The van der Waals surface area contributed by atoms with Crippen LogP contribution in [0.4, 0.5) is 0 Å². The molecule has 0 saturated carbocycles. The molecule has 0 saturated heterocycles. The third kappa shape index (κ3) is 1.55. The summed E-state index contributed by atoms with van der Waals surface area (Å²) >= 11 is 4.41. The van der Waals surface area contributed by atoms with E-state index in [-0.39, 0.29) is 5.25 Å². The number of nitrogens with two attached hydrogens (primary N) is 1. The van der Waals surface area contributed by atoms with E-state index in [1.54, 1.807) is 0 Å². The van der Waals surface area contributed by atoms with Crippen LogP contribution in [0.15, 0.2) is 12.1 Å². The fourth-order valence-corrected chi connectivity index (χ4v) is 1.82. The van der Waals surface area contributed by atoms with Gasteiger partial charge in [0.05, 0.1) is 0 Å². The topological polar surface area (TPSA) is 44.5 Å². The minimum Gasteiger partial charge on any atom is -0.454 e. The summed E-state index contributed by atoms with van der Waals surface area (Å²) in [7, 11) is 0. The number of rotatable bonds is 2. The largest absolute Gasteiger partial charge is 0.454 e. The average Bonchev–Trinajstić information content (AvgIpc) is 2.62. The van der Waals surface area contributed by atoms with Gasteiger partial charge in [-0.1, -0.05) is 0 Å². The SMILES string of the molecule is Cc1cc2c(cc1C(S)CN)OCO2. The van der Waals surface area contributed by atoms with Crippen LogP contribution in [-0.2, 0) is 0 Å². The van der Waals surface area contributed by atoms with Gasteiger partial charge in [0, 0.05) is 11.8 Å². The Morgan fingerprint density at radius 1 is 1.43 bits per heavy atom. The van der Waals surface area contributed by atoms with Crippen molar-refractivity contribution in [1.29, 1.82) is 0 Å². The summed E-state index contributed by atoms with van der Waals surface area (Å²) in [6.45, 7) is 2.85. The molecule has 1 aromatic carbocycles. The highest BCUT2D eigenvalue weighted by Crippen LogP contribution is 2.37. The minimum atomic E-state index is 0.0597. The smallest absolute Gasteiger partial charge is 0.231 e. The summed E-state index contributed by atoms with van der Waals surface area (Å²) in [5.74, 6) is 1.60. The predicted octanol–water partition coefficient (Wildman–Crippen LogP) is 1.65. The van der Waals surface area contributed by atoms with Crippen LogP contribution in [0.3, 0.4) is 0 Å². The van der Waals surface area contributed by atoms with Crippen LogP contribution in [0.25, 0.3) is 0 Å². The van der Waals surface area contributed by atoms with Crippen LogP contribution in [-0.4, -0.2) is 13.3 Å². The van der Waals surface area contributed by atoms with E-state index in [0.717, 1.165) is 22.6 Å². The molecule has 4 heteroatoms. The Kier molecular flexibility index (Phi) is 2.56. The van der Waals surface area contributed by atoms with Gasteiger partial charge in [-0.25, -0.2) is 0 Å². The highest BCUT2D eigenvalue weighted by molar-refractivity contribution is 7.80. The molecule has 2 rings (SSSR count). The fraction of sp³-hybridized carbons (Fsp3) is 0.400. The molecule has 0 bridgehead atoms. The molecule has 0 fully saturated rings. The van der Waals surface area contributed by atoms with Crippen molar-refractivity contribution in [3.05, 3.63) is 23.3 Å². The van der Waals surface area contributed by atoms with Crippen LogP contribution < -0.4 is 15.2 Å². The first kappa shape index (κ1) is 9.68. The molecule has 1 aliphatic heterocycles. The maximum absolute atomic E-state index is 5.57. The Balaban J connectivity index is 2.42. The molecule has 0 spiro atoms. The summed E-state index contributed by atoms with van der Waals surface area (Å²) < 4.78 is 10.6. The third-order valence-corrected chi connectivity index (χ3v) is 2.83. The fourth-order valence-electron chi connectivity index (χ4n) is 1.55. The molecule has 3 nitrogen and oxygen atoms in total. The molecule has 0 aromatic heterocycles. The lowest BCUT2D eigenvalue weighted by Crippen LogP contribution is -2.08. The zero-order valence-electron chi connectivity index (χ0n) is 7.99. The van der Waals surface area contributed by atoms with E-state index in [0.29, 0.717) is 13.3 Å². The average molecular weight is 211 g/mol. The molecule has 1 aliphatic rings. The molecule has 14 heavy (non-hydrogen) atoms. The van der Waals surface area contributed by atoms with Crippen LogP contribution in [0.1, 0.15) is 16.4 Å². The first-order valence-electron chi connectivity index (χ1n) is 4.50. The number of thiol groups is 1. The summed E-state index contributed by atoms with van der Waals surface area (Å²) in [4.78, 5) is 0. The number of fused-ring (bicyclic) bond motifs is 1. The Bertz CT molecular complexity index is 354. The van der Waals surface area contributed by atoms with Crippen molar-refractivity contribution >= 4 is 12.6 Å². The molecule has 1 atom stereocenters. The van der Waals surface area contributed by atoms with Gasteiger partial charge in [0.25, 0.3) is 0 Å². The number of aryl methyl sites for hydroxylation is 1. The maximum atomic E-state index is 5.57. The van der Waals surface area contributed by atoms with Crippen molar-refractivity contribution in [2.24, 2.45) is 5.73 Å². The highest BCUT2D eigenvalue weighted by atomic mass is 32.1. The van der Waals surface area contributed by atoms with Gasteiger partial charge >= 0.3 is 0 Å². The second-order valence-electron chi connectivity index (χ2n) is 3.31. The number of hydrogen-bond acceptors (Lipinski definition) is 4. The molecule has 0 amide bonds. The summed E-state index contributed by atoms with van der Waals surface area (Å²) in [6.07, 6.45) is 0. The summed E-state index contributed by atoms with van der Waals surface area (Å²) in [5.41, 5.74) is 7.82. The second kappa shape index (κ2) is 3.71. The van der Waals surface area contributed by atoms with E-state index in [4.69, 9.17) is 15.2 Å². The van der Waals surface area contributed by atoms with Crippen LogP contribution >= 0.6 is 12.6 Å². The highest BCUT2D eigenvalue weighted by Gasteiger charge is 2.17. The Labute approximate surface area is 88.6 Å². The van der Waals surface area contributed by atoms with Crippen LogP contribution in [0.2, 0.25) is 0 Å². The number of ether oxygens (including phenoxy) is 2. The Morgan fingerprint density at radius 3 is 2.71 bits per heavy atom. The zero-order valence-corrected chi connectivity index (χ0v) is 8.88. The van der Waals surface area contributed by atoms with E-state index < -0.39 is 0 Å². The third-order valence-electron chi connectivity index (χ3n) is 2.34. The quantitative estimate of drug-likeness (QED) is 0.731. The number of hydrogen-bond donors (Lipinski definition) is 2. The maximum Gasteiger partial charge on any atom is 0.231 e. The van der Waals surface area contributed by atoms with Gasteiger partial charge in [0.2, 0.25) is 6.79 Å². The van der Waals surface area contributed by atoms with E-state index in [1.807, 2.05) is 19.1 Å². The van der Waals surface area contributed by atoms with Crippen molar-refractivity contribution < 1.29 is 9.47 Å². The molecule has 1 aromatic rings. The number of benzene rings is 1. The summed E-state index contributed by atoms with van der Waals surface area (Å²) in [6, 6.07) is 3.93. The van der Waals surface area contributed by atoms with Gasteiger partial charge in [-0.2, -0.15) is 12.6 Å². The van der Waals surface area contributed by atoms with Crippen molar-refractivity contribution in [3.63, 3.8) is 0 Å². The monoisotopic (exact) mass is 211 g/mol. The first-order valence-corrected chi connectivity index (χ1v) is 5.02. The minimum absolute atomic E-state index is 0.0597. The predicted molar refractivity (Wildman–Crippen MR) is 58.1 cm³/mol. The van der Waals surface area contributed by atoms with E-state index >= 15 is 0 Å².